The fourth-order valence-electron chi connectivity index (χ4n) is 1.90. The molecule has 0 atom stereocenters. The normalized spacial score (nSPS) is 12.3. The maximum atomic E-state index is 12.4. The molecule has 1 heterocycles. The van der Waals surface area contributed by atoms with E-state index in [2.05, 4.69) is 11.9 Å². The summed E-state index contributed by atoms with van der Waals surface area (Å²) in [6.07, 6.45) is 3.28. The molecule has 1 aromatic heterocycles. The number of aromatic nitrogens is 1. The van der Waals surface area contributed by atoms with Crippen LogP contribution in [0.2, 0.25) is 0 Å². The van der Waals surface area contributed by atoms with Crippen molar-refractivity contribution in [2.75, 3.05) is 20.6 Å². The molecule has 0 spiro atoms. The number of hydrogen-bond acceptors (Lipinski definition) is 3. The Morgan fingerprint density at radius 3 is 2.63 bits per heavy atom. The molecule has 0 fully saturated rings. The third-order valence-corrected chi connectivity index (χ3v) is 4.70. The maximum Gasteiger partial charge on any atom is 0.244 e. The smallest absolute Gasteiger partial charge is 0.244 e. The molecule has 6 heteroatoms. The van der Waals surface area contributed by atoms with Gasteiger partial charge in [0, 0.05) is 38.1 Å². The lowest BCUT2D eigenvalue weighted by molar-refractivity contribution is 0.498. The molecular weight excluding hydrogens is 262 g/mol. The van der Waals surface area contributed by atoms with Crippen molar-refractivity contribution in [3.63, 3.8) is 0 Å². The predicted octanol–water partition coefficient (Wildman–Crippen LogP) is 1.59. The van der Waals surface area contributed by atoms with Crippen molar-refractivity contribution >= 4 is 10.0 Å². The van der Waals surface area contributed by atoms with Gasteiger partial charge in [-0.3, -0.25) is 0 Å². The molecule has 0 saturated heterocycles. The van der Waals surface area contributed by atoms with E-state index < -0.39 is 10.0 Å². The molecule has 108 valence electrons. The van der Waals surface area contributed by atoms with E-state index in [9.17, 15) is 8.42 Å². The first kappa shape index (κ1) is 15.9. The quantitative estimate of drug-likeness (QED) is 0.774. The summed E-state index contributed by atoms with van der Waals surface area (Å²) in [5.41, 5.74) is 0.961. The van der Waals surface area contributed by atoms with Crippen molar-refractivity contribution in [2.45, 2.75) is 31.3 Å². The van der Waals surface area contributed by atoms with Crippen LogP contribution in [0.1, 0.15) is 25.6 Å². The van der Waals surface area contributed by atoms with E-state index in [4.69, 9.17) is 0 Å². The van der Waals surface area contributed by atoms with Crippen molar-refractivity contribution in [3.05, 3.63) is 30.6 Å². The molecule has 1 aromatic rings. The summed E-state index contributed by atoms with van der Waals surface area (Å²) >= 11 is 0. The van der Waals surface area contributed by atoms with Crippen LogP contribution in [0.5, 0.6) is 0 Å². The Morgan fingerprint density at radius 2 is 2.16 bits per heavy atom. The van der Waals surface area contributed by atoms with Gasteiger partial charge in [-0.15, -0.1) is 6.58 Å². The second-order valence-electron chi connectivity index (χ2n) is 4.77. The van der Waals surface area contributed by atoms with Crippen LogP contribution in [0, 0.1) is 0 Å². The lowest BCUT2D eigenvalue weighted by Gasteiger charge is -2.14. The van der Waals surface area contributed by atoms with E-state index >= 15 is 0 Å². The highest BCUT2D eigenvalue weighted by atomic mass is 32.2. The highest BCUT2D eigenvalue weighted by Crippen LogP contribution is 2.21. The zero-order chi connectivity index (χ0) is 14.6. The van der Waals surface area contributed by atoms with Crippen LogP contribution in [0.3, 0.4) is 0 Å². The fourth-order valence-corrected chi connectivity index (χ4v) is 3.09. The maximum absolute atomic E-state index is 12.4. The molecule has 0 aliphatic carbocycles. The summed E-state index contributed by atoms with van der Waals surface area (Å²) in [7, 11) is -0.0412. The molecule has 0 saturated carbocycles. The minimum Gasteiger partial charge on any atom is -0.346 e. The van der Waals surface area contributed by atoms with E-state index in [1.165, 1.54) is 4.31 Å². The first-order valence-electron chi connectivity index (χ1n) is 6.27. The predicted molar refractivity (Wildman–Crippen MR) is 77.6 cm³/mol. The zero-order valence-corrected chi connectivity index (χ0v) is 12.9. The number of nitrogens with one attached hydrogen (secondary N) is 1. The number of sulfonamides is 1. The largest absolute Gasteiger partial charge is 0.346 e. The molecule has 1 N–H and O–H groups in total. The third-order valence-electron chi connectivity index (χ3n) is 2.92. The van der Waals surface area contributed by atoms with Gasteiger partial charge in [0.2, 0.25) is 10.0 Å². The first-order chi connectivity index (χ1) is 8.84. The van der Waals surface area contributed by atoms with E-state index in [1.807, 2.05) is 25.5 Å². The van der Waals surface area contributed by atoms with Gasteiger partial charge < -0.3 is 9.88 Å². The number of nitrogens with zero attached hydrogens (tertiary/aromatic N) is 2. The van der Waals surface area contributed by atoms with Crippen molar-refractivity contribution < 1.29 is 8.42 Å². The summed E-state index contributed by atoms with van der Waals surface area (Å²) < 4.78 is 28.0. The van der Waals surface area contributed by atoms with Crippen LogP contribution in [0.25, 0.3) is 0 Å². The molecule has 0 unspecified atom stereocenters. The van der Waals surface area contributed by atoms with Gasteiger partial charge in [-0.1, -0.05) is 6.08 Å². The van der Waals surface area contributed by atoms with Crippen LogP contribution < -0.4 is 5.32 Å². The summed E-state index contributed by atoms with van der Waals surface area (Å²) in [5.74, 6) is 0. The summed E-state index contributed by atoms with van der Waals surface area (Å²) in [5, 5.41) is 3.05. The number of rotatable bonds is 7. The van der Waals surface area contributed by atoms with E-state index in [-0.39, 0.29) is 6.04 Å². The first-order valence-corrected chi connectivity index (χ1v) is 7.71. The molecule has 0 aliphatic heterocycles. The summed E-state index contributed by atoms with van der Waals surface area (Å²) in [6, 6.07) is 1.95. The Hall–Kier alpha value is -1.11. The monoisotopic (exact) mass is 285 g/mol. The van der Waals surface area contributed by atoms with Crippen LogP contribution in [0.15, 0.2) is 29.8 Å². The lowest BCUT2D eigenvalue weighted by Crippen LogP contribution is -2.26. The van der Waals surface area contributed by atoms with Gasteiger partial charge >= 0.3 is 0 Å². The minimum atomic E-state index is -3.44. The van der Waals surface area contributed by atoms with Crippen molar-refractivity contribution in [1.29, 1.82) is 0 Å². The van der Waals surface area contributed by atoms with Crippen LogP contribution >= 0.6 is 0 Å². The van der Waals surface area contributed by atoms with Gasteiger partial charge in [0.25, 0.3) is 0 Å². The Kier molecular flexibility index (Phi) is 5.34. The second kappa shape index (κ2) is 6.36. The Bertz CT molecular complexity index is 532. The number of hydrogen-bond donors (Lipinski definition) is 1. The molecule has 5 nitrogen and oxygen atoms in total. The molecular formula is C13H23N3O2S. The second-order valence-corrected chi connectivity index (χ2v) is 6.82. The topological polar surface area (TPSA) is 54.3 Å². The lowest BCUT2D eigenvalue weighted by atomic mass is 10.3. The van der Waals surface area contributed by atoms with Gasteiger partial charge in [-0.25, -0.2) is 8.42 Å². The van der Waals surface area contributed by atoms with E-state index in [0.29, 0.717) is 18.0 Å². The number of likely N-dealkylation sites (N-methyl/N-ethyl adjacent to an activating group) is 1. The van der Waals surface area contributed by atoms with Crippen molar-refractivity contribution in [1.82, 2.24) is 14.2 Å². The Balaban J connectivity index is 3.21. The van der Waals surface area contributed by atoms with Gasteiger partial charge in [-0.2, -0.15) is 4.31 Å². The molecule has 19 heavy (non-hydrogen) atoms. The zero-order valence-electron chi connectivity index (χ0n) is 12.0. The van der Waals surface area contributed by atoms with Crippen molar-refractivity contribution in [3.8, 4) is 0 Å². The van der Waals surface area contributed by atoms with E-state index in [1.54, 1.807) is 25.4 Å². The fraction of sp³-hybridized carbons (Fsp3) is 0.538. The van der Waals surface area contributed by atoms with E-state index in [0.717, 1.165) is 5.69 Å². The minimum absolute atomic E-state index is 0.219. The summed E-state index contributed by atoms with van der Waals surface area (Å²) in [6.45, 7) is 8.57. The summed E-state index contributed by atoms with van der Waals surface area (Å²) in [4.78, 5) is 0.329. The Morgan fingerprint density at radius 1 is 1.53 bits per heavy atom. The molecule has 0 bridgehead atoms. The SMILES string of the molecule is C=CCN(C)S(=O)(=O)c1cc(CNC)n(C(C)C)c1. The Labute approximate surface area is 116 Å². The van der Waals surface area contributed by atoms with Crippen LogP contribution in [0.4, 0.5) is 0 Å². The highest BCUT2D eigenvalue weighted by Gasteiger charge is 2.23. The average molecular weight is 285 g/mol. The third kappa shape index (κ3) is 3.46. The van der Waals surface area contributed by atoms with Gasteiger partial charge in [0.1, 0.15) is 4.90 Å². The van der Waals surface area contributed by atoms with Crippen molar-refractivity contribution in [2.24, 2.45) is 0 Å². The van der Waals surface area contributed by atoms with Crippen LogP contribution in [-0.4, -0.2) is 37.9 Å². The van der Waals surface area contributed by atoms with Gasteiger partial charge in [-0.05, 0) is 27.0 Å². The standard InChI is InChI=1S/C13H23N3O2S/c1-6-7-15(5)19(17,18)13-8-12(9-14-4)16(10-13)11(2)3/h6,8,10-11,14H,1,7,9H2,2-5H3. The van der Waals surface area contributed by atoms with Crippen LogP contribution in [-0.2, 0) is 16.6 Å². The molecule has 0 radical (unpaired) electrons. The molecule has 0 amide bonds. The van der Waals surface area contributed by atoms with Gasteiger partial charge in [0.15, 0.2) is 0 Å². The molecule has 0 aromatic carbocycles. The van der Waals surface area contributed by atoms with Gasteiger partial charge in [0.05, 0.1) is 0 Å². The molecule has 1 rings (SSSR count). The highest BCUT2D eigenvalue weighted by molar-refractivity contribution is 7.89. The average Bonchev–Trinajstić information content (AvgIpc) is 2.74. The molecule has 0 aliphatic rings.